The second-order valence-electron chi connectivity index (χ2n) is 8.80. The molecule has 0 spiro atoms. The van der Waals surface area contributed by atoms with Crippen LogP contribution in [0.25, 0.3) is 0 Å². The molecule has 1 fully saturated rings. The van der Waals surface area contributed by atoms with Gasteiger partial charge in [-0.15, -0.1) is 0 Å². The molecule has 2 aliphatic rings. The highest BCUT2D eigenvalue weighted by Crippen LogP contribution is 2.35. The van der Waals surface area contributed by atoms with Gasteiger partial charge in [-0.05, 0) is 64.0 Å². The number of ether oxygens (including phenoxy) is 1. The highest BCUT2D eigenvalue weighted by molar-refractivity contribution is 5.79. The van der Waals surface area contributed by atoms with Crippen molar-refractivity contribution >= 4 is 12.0 Å². The van der Waals surface area contributed by atoms with Crippen molar-refractivity contribution in [2.24, 2.45) is 5.92 Å². The van der Waals surface area contributed by atoms with Gasteiger partial charge in [0.15, 0.2) is 0 Å². The van der Waals surface area contributed by atoms with E-state index in [0.717, 1.165) is 19.3 Å². The Balaban J connectivity index is 1.59. The van der Waals surface area contributed by atoms with E-state index in [1.54, 1.807) is 4.90 Å². The Hall–Kier alpha value is -2.04. The van der Waals surface area contributed by atoms with E-state index < -0.39 is 5.60 Å². The molecule has 1 saturated heterocycles. The van der Waals surface area contributed by atoms with E-state index in [4.69, 9.17) is 4.74 Å². The van der Waals surface area contributed by atoms with Crippen LogP contribution in [-0.2, 0) is 16.0 Å². The smallest absolute Gasteiger partial charge is 0.410 e. The Labute approximate surface area is 162 Å². The standard InChI is InChI=1S/C22H32N2O3/c1-22(2,3)27-21(26)24-14-12-17(13-15-24)20(25)23(4)19-11-7-9-16-8-5-6-10-18(16)19/h5-6,8,10,17,19H,7,9,11-15H2,1-4H3/t19-/m1/s1. The molecule has 27 heavy (non-hydrogen) atoms. The topological polar surface area (TPSA) is 49.9 Å². The lowest BCUT2D eigenvalue weighted by molar-refractivity contribution is -0.138. The molecule has 3 rings (SSSR count). The van der Waals surface area contributed by atoms with Crippen LogP contribution in [0, 0.1) is 5.92 Å². The average molecular weight is 373 g/mol. The normalized spacial score (nSPS) is 20.7. The van der Waals surface area contributed by atoms with E-state index in [9.17, 15) is 9.59 Å². The summed E-state index contributed by atoms with van der Waals surface area (Å²) in [7, 11) is 1.94. The quantitative estimate of drug-likeness (QED) is 0.783. The predicted octanol–water partition coefficient (Wildman–Crippen LogP) is 4.17. The number of piperidine rings is 1. The second kappa shape index (κ2) is 7.91. The molecular weight excluding hydrogens is 340 g/mol. The summed E-state index contributed by atoms with van der Waals surface area (Å²) in [6.07, 6.45) is 4.38. The monoisotopic (exact) mass is 372 g/mol. The highest BCUT2D eigenvalue weighted by atomic mass is 16.6. The van der Waals surface area contributed by atoms with Crippen molar-refractivity contribution < 1.29 is 14.3 Å². The van der Waals surface area contributed by atoms with E-state index in [0.29, 0.717) is 25.9 Å². The molecule has 0 saturated carbocycles. The zero-order chi connectivity index (χ0) is 19.6. The molecule has 2 amide bonds. The third kappa shape index (κ3) is 4.63. The van der Waals surface area contributed by atoms with E-state index in [2.05, 4.69) is 24.3 Å². The molecule has 1 aromatic rings. The molecule has 0 N–H and O–H groups in total. The van der Waals surface area contributed by atoms with Crippen LogP contribution >= 0.6 is 0 Å². The fourth-order valence-electron chi connectivity index (χ4n) is 4.21. The largest absolute Gasteiger partial charge is 0.444 e. The molecule has 0 unspecified atom stereocenters. The molecule has 5 nitrogen and oxygen atoms in total. The molecular formula is C22H32N2O3. The maximum Gasteiger partial charge on any atom is 0.410 e. The molecule has 1 aliphatic carbocycles. The zero-order valence-corrected chi connectivity index (χ0v) is 17.0. The number of amides is 2. The van der Waals surface area contributed by atoms with E-state index in [-0.39, 0.29) is 24.0 Å². The van der Waals surface area contributed by atoms with Crippen LogP contribution in [0.5, 0.6) is 0 Å². The van der Waals surface area contributed by atoms with Gasteiger partial charge in [-0.2, -0.15) is 0 Å². The molecule has 0 radical (unpaired) electrons. The minimum absolute atomic E-state index is 0.0113. The molecule has 0 aromatic heterocycles. The summed E-state index contributed by atoms with van der Waals surface area (Å²) in [6.45, 7) is 6.79. The molecule has 1 heterocycles. The molecule has 148 valence electrons. The molecule has 0 bridgehead atoms. The Morgan fingerprint density at radius 3 is 2.44 bits per heavy atom. The summed E-state index contributed by atoms with van der Waals surface area (Å²) < 4.78 is 5.45. The van der Waals surface area contributed by atoms with Crippen molar-refractivity contribution in [2.75, 3.05) is 20.1 Å². The Kier molecular flexibility index (Phi) is 5.78. The average Bonchev–Trinajstić information content (AvgIpc) is 2.65. The summed E-state index contributed by atoms with van der Waals surface area (Å²) >= 11 is 0. The highest BCUT2D eigenvalue weighted by Gasteiger charge is 2.34. The van der Waals surface area contributed by atoms with Gasteiger partial charge in [0, 0.05) is 26.1 Å². The maximum atomic E-state index is 13.1. The number of nitrogens with zero attached hydrogens (tertiary/aromatic N) is 2. The number of rotatable bonds is 2. The predicted molar refractivity (Wildman–Crippen MR) is 105 cm³/mol. The lowest BCUT2D eigenvalue weighted by Gasteiger charge is -2.38. The first-order valence-corrected chi connectivity index (χ1v) is 10.1. The van der Waals surface area contributed by atoms with Gasteiger partial charge in [0.2, 0.25) is 5.91 Å². The van der Waals surface area contributed by atoms with Crippen molar-refractivity contribution in [1.29, 1.82) is 0 Å². The van der Waals surface area contributed by atoms with Crippen LogP contribution in [0.15, 0.2) is 24.3 Å². The van der Waals surface area contributed by atoms with Gasteiger partial charge in [-0.3, -0.25) is 4.79 Å². The summed E-state index contributed by atoms with van der Waals surface area (Å²) in [5.41, 5.74) is 2.18. The second-order valence-corrected chi connectivity index (χ2v) is 8.80. The maximum absolute atomic E-state index is 13.1. The van der Waals surface area contributed by atoms with Crippen LogP contribution in [0.4, 0.5) is 4.79 Å². The van der Waals surface area contributed by atoms with Crippen molar-refractivity contribution in [3.63, 3.8) is 0 Å². The van der Waals surface area contributed by atoms with Crippen molar-refractivity contribution in [3.8, 4) is 0 Å². The van der Waals surface area contributed by atoms with Crippen LogP contribution < -0.4 is 0 Å². The Morgan fingerprint density at radius 1 is 1.11 bits per heavy atom. The number of hydrogen-bond donors (Lipinski definition) is 0. The SMILES string of the molecule is CN(C(=O)C1CCN(C(=O)OC(C)(C)C)CC1)[C@@H]1CCCc2ccccc21. The molecule has 1 aliphatic heterocycles. The summed E-state index contributed by atoms with van der Waals surface area (Å²) in [5, 5.41) is 0. The Morgan fingerprint density at radius 2 is 1.78 bits per heavy atom. The number of carbonyl (C=O) groups is 2. The first-order valence-electron chi connectivity index (χ1n) is 10.1. The van der Waals surface area contributed by atoms with Crippen molar-refractivity contribution in [3.05, 3.63) is 35.4 Å². The first-order chi connectivity index (χ1) is 12.8. The third-order valence-corrected chi connectivity index (χ3v) is 5.65. The minimum Gasteiger partial charge on any atom is -0.444 e. The minimum atomic E-state index is -0.488. The fourth-order valence-corrected chi connectivity index (χ4v) is 4.21. The fraction of sp³-hybridized carbons (Fsp3) is 0.636. The first kappa shape index (κ1) is 19.7. The zero-order valence-electron chi connectivity index (χ0n) is 17.0. The van der Waals surface area contributed by atoms with Crippen LogP contribution in [0.3, 0.4) is 0 Å². The van der Waals surface area contributed by atoms with Crippen molar-refractivity contribution in [2.45, 2.75) is 64.5 Å². The van der Waals surface area contributed by atoms with Gasteiger partial charge in [0.1, 0.15) is 5.60 Å². The lowest BCUT2D eigenvalue weighted by Crippen LogP contribution is -2.46. The number of benzene rings is 1. The number of fused-ring (bicyclic) bond motifs is 1. The summed E-state index contributed by atoms with van der Waals surface area (Å²) in [5.74, 6) is 0.198. The number of aryl methyl sites for hydroxylation is 1. The van der Waals surface area contributed by atoms with Gasteiger partial charge in [0.25, 0.3) is 0 Å². The van der Waals surface area contributed by atoms with Gasteiger partial charge in [-0.1, -0.05) is 24.3 Å². The third-order valence-electron chi connectivity index (χ3n) is 5.65. The van der Waals surface area contributed by atoms with Crippen LogP contribution in [0.2, 0.25) is 0 Å². The van der Waals surface area contributed by atoms with E-state index in [1.165, 1.54) is 11.1 Å². The number of carbonyl (C=O) groups excluding carboxylic acids is 2. The Bertz CT molecular complexity index is 687. The van der Waals surface area contributed by atoms with Gasteiger partial charge in [0.05, 0.1) is 6.04 Å². The number of hydrogen-bond acceptors (Lipinski definition) is 3. The van der Waals surface area contributed by atoms with Gasteiger partial charge >= 0.3 is 6.09 Å². The van der Waals surface area contributed by atoms with Gasteiger partial charge < -0.3 is 14.5 Å². The van der Waals surface area contributed by atoms with E-state index >= 15 is 0 Å². The number of likely N-dealkylation sites (tertiary alicyclic amines) is 1. The summed E-state index contributed by atoms with van der Waals surface area (Å²) in [4.78, 5) is 29.0. The lowest BCUT2D eigenvalue weighted by atomic mass is 9.86. The molecule has 1 aromatic carbocycles. The van der Waals surface area contributed by atoms with Gasteiger partial charge in [-0.25, -0.2) is 4.79 Å². The van der Waals surface area contributed by atoms with Crippen LogP contribution in [-0.4, -0.2) is 47.5 Å². The van der Waals surface area contributed by atoms with Crippen LogP contribution in [0.1, 0.15) is 63.6 Å². The van der Waals surface area contributed by atoms with E-state index in [1.807, 2.05) is 32.7 Å². The molecule has 5 heteroatoms. The molecule has 1 atom stereocenters. The van der Waals surface area contributed by atoms with Crippen molar-refractivity contribution in [1.82, 2.24) is 9.80 Å². The summed E-state index contributed by atoms with van der Waals surface area (Å²) in [6, 6.07) is 8.66.